The molecular weight excluding hydrogens is 564 g/mol. The summed E-state index contributed by atoms with van der Waals surface area (Å²) in [6.45, 7) is 3.98. The summed E-state index contributed by atoms with van der Waals surface area (Å²) in [5.74, 6) is 0.137. The molecule has 41 heavy (non-hydrogen) atoms. The van der Waals surface area contributed by atoms with Gasteiger partial charge in [-0.25, -0.2) is 13.1 Å². The number of halogens is 1. The van der Waals surface area contributed by atoms with Crippen molar-refractivity contribution in [3.8, 4) is 17.1 Å². The molecule has 0 atom stereocenters. The van der Waals surface area contributed by atoms with E-state index in [1.807, 2.05) is 41.4 Å². The van der Waals surface area contributed by atoms with Gasteiger partial charge in [0.25, 0.3) is 0 Å². The van der Waals surface area contributed by atoms with Gasteiger partial charge in [-0.05, 0) is 54.8 Å². The Labute approximate surface area is 243 Å². The van der Waals surface area contributed by atoms with Crippen LogP contribution in [0.2, 0.25) is 5.02 Å². The first-order valence-electron chi connectivity index (χ1n) is 13.5. The third-order valence-electron chi connectivity index (χ3n) is 7.66. The monoisotopic (exact) mass is 594 g/mol. The van der Waals surface area contributed by atoms with Crippen molar-refractivity contribution < 1.29 is 13.2 Å². The van der Waals surface area contributed by atoms with Crippen LogP contribution in [0.25, 0.3) is 11.4 Å². The summed E-state index contributed by atoms with van der Waals surface area (Å²) in [7, 11) is -3.54. The molecule has 1 saturated carbocycles. The highest BCUT2D eigenvalue weighted by Gasteiger charge is 2.39. The minimum Gasteiger partial charge on any atom is -0.486 e. The topological polar surface area (TPSA) is 103 Å². The SMILES string of the molecule is CC1(COc2c(N3CCN(S(=O)(=O)Cc4ccc(-n5cccn5)cc4)CC3)cnn(-c3cccc(Cl)c3)c2=O)CC1. The number of nitrogens with zero attached hydrogens (tertiary/aromatic N) is 6. The average Bonchev–Trinajstić information content (AvgIpc) is 3.45. The summed E-state index contributed by atoms with van der Waals surface area (Å²) in [6.07, 6.45) is 7.26. The lowest BCUT2D eigenvalue weighted by atomic mass is 10.2. The molecule has 1 aliphatic heterocycles. The lowest BCUT2D eigenvalue weighted by molar-refractivity contribution is 0.242. The van der Waals surface area contributed by atoms with Gasteiger partial charge in [0, 0.05) is 49.0 Å². The van der Waals surface area contributed by atoms with E-state index >= 15 is 0 Å². The molecule has 6 rings (SSSR count). The molecule has 1 aliphatic carbocycles. The van der Waals surface area contributed by atoms with Gasteiger partial charge >= 0.3 is 5.56 Å². The molecule has 2 aromatic carbocycles. The molecule has 214 valence electrons. The summed E-state index contributed by atoms with van der Waals surface area (Å²) in [4.78, 5) is 15.6. The van der Waals surface area contributed by atoms with Gasteiger partial charge < -0.3 is 9.64 Å². The standard InChI is InChI=1S/C29H31ClN6O4S/c1-29(10-11-29)21-40-27-26(19-32-36(28(27)37)25-5-2-4-23(30)18-25)33-14-16-34(17-15-33)41(38,39)20-22-6-8-24(9-7-22)35-13-3-12-31-35/h2-9,12-13,18-19H,10-11,14-17,20-21H2,1H3. The van der Waals surface area contributed by atoms with Crippen molar-refractivity contribution in [1.29, 1.82) is 0 Å². The Hall–Kier alpha value is -3.67. The van der Waals surface area contributed by atoms with E-state index in [9.17, 15) is 13.2 Å². The second-order valence-corrected chi connectivity index (χ2v) is 13.3. The number of benzene rings is 2. The Morgan fingerprint density at radius 3 is 2.39 bits per heavy atom. The molecule has 12 heteroatoms. The van der Waals surface area contributed by atoms with Gasteiger partial charge in [-0.2, -0.15) is 19.2 Å². The third kappa shape index (κ3) is 6.02. The smallest absolute Gasteiger partial charge is 0.316 e. The van der Waals surface area contributed by atoms with Gasteiger partial charge in [0.05, 0.1) is 29.9 Å². The van der Waals surface area contributed by atoms with Crippen LogP contribution in [0, 0.1) is 5.41 Å². The zero-order chi connectivity index (χ0) is 28.6. The second-order valence-electron chi connectivity index (χ2n) is 10.9. The van der Waals surface area contributed by atoms with Crippen molar-refractivity contribution >= 4 is 27.3 Å². The maximum Gasteiger partial charge on any atom is 0.316 e. The second kappa shape index (κ2) is 11.0. The molecule has 2 aliphatic rings. The van der Waals surface area contributed by atoms with Crippen molar-refractivity contribution in [1.82, 2.24) is 23.9 Å². The molecule has 0 spiro atoms. The minimum absolute atomic E-state index is 0.0667. The van der Waals surface area contributed by atoms with E-state index in [1.165, 1.54) is 8.99 Å². The highest BCUT2D eigenvalue weighted by atomic mass is 35.5. The van der Waals surface area contributed by atoms with E-state index < -0.39 is 10.0 Å². The number of piperazine rings is 1. The fraction of sp³-hybridized carbons (Fsp3) is 0.345. The molecule has 0 N–H and O–H groups in total. The Bertz CT molecular complexity index is 1690. The number of rotatable bonds is 9. The lowest BCUT2D eigenvalue weighted by Gasteiger charge is -2.35. The van der Waals surface area contributed by atoms with Gasteiger partial charge in [-0.15, -0.1) is 0 Å². The van der Waals surface area contributed by atoms with Gasteiger partial charge in [0.15, 0.2) is 0 Å². The molecule has 1 saturated heterocycles. The normalized spacial score (nSPS) is 17.0. The average molecular weight is 595 g/mol. The van der Waals surface area contributed by atoms with Gasteiger partial charge in [-0.3, -0.25) is 4.79 Å². The van der Waals surface area contributed by atoms with Crippen molar-refractivity contribution in [3.63, 3.8) is 0 Å². The number of hydrogen-bond donors (Lipinski definition) is 0. The Morgan fingerprint density at radius 1 is 0.976 bits per heavy atom. The van der Waals surface area contributed by atoms with Crippen LogP contribution in [0.5, 0.6) is 5.75 Å². The van der Waals surface area contributed by atoms with Crippen LogP contribution in [-0.2, 0) is 15.8 Å². The third-order valence-corrected chi connectivity index (χ3v) is 9.75. The van der Waals surface area contributed by atoms with Crippen molar-refractivity contribution in [3.05, 3.63) is 94.1 Å². The van der Waals surface area contributed by atoms with E-state index in [0.29, 0.717) is 54.7 Å². The number of anilines is 1. The van der Waals surface area contributed by atoms with Crippen LogP contribution in [0.4, 0.5) is 5.69 Å². The maximum absolute atomic E-state index is 13.6. The fourth-order valence-corrected chi connectivity index (χ4v) is 6.56. The highest BCUT2D eigenvalue weighted by Crippen LogP contribution is 2.45. The lowest BCUT2D eigenvalue weighted by Crippen LogP contribution is -2.49. The molecule has 0 unspecified atom stereocenters. The summed E-state index contributed by atoms with van der Waals surface area (Å²) in [6, 6.07) is 16.1. The van der Waals surface area contributed by atoms with Crippen molar-refractivity contribution in [2.75, 3.05) is 37.7 Å². The Balaban J connectivity index is 1.18. The van der Waals surface area contributed by atoms with E-state index in [0.717, 1.165) is 18.5 Å². The zero-order valence-corrected chi connectivity index (χ0v) is 24.3. The molecular formula is C29H31ClN6O4S. The molecule has 10 nitrogen and oxygen atoms in total. The van der Waals surface area contributed by atoms with Crippen molar-refractivity contribution in [2.45, 2.75) is 25.5 Å². The van der Waals surface area contributed by atoms with Gasteiger partial charge in [0.2, 0.25) is 15.8 Å². The predicted molar refractivity (Wildman–Crippen MR) is 158 cm³/mol. The first kappa shape index (κ1) is 27.5. The van der Waals surface area contributed by atoms with Crippen LogP contribution in [0.1, 0.15) is 25.3 Å². The summed E-state index contributed by atoms with van der Waals surface area (Å²) < 4.78 is 37.2. The van der Waals surface area contributed by atoms with Crippen LogP contribution in [0.15, 0.2) is 78.0 Å². The van der Waals surface area contributed by atoms with Crippen LogP contribution in [0.3, 0.4) is 0 Å². The first-order chi connectivity index (χ1) is 19.7. The molecule has 0 amide bonds. The molecule has 2 fully saturated rings. The van der Waals surface area contributed by atoms with E-state index in [2.05, 4.69) is 17.1 Å². The highest BCUT2D eigenvalue weighted by molar-refractivity contribution is 7.88. The summed E-state index contributed by atoms with van der Waals surface area (Å²) in [5, 5.41) is 9.12. The maximum atomic E-state index is 13.6. The number of aromatic nitrogens is 4. The Morgan fingerprint density at radius 2 is 1.73 bits per heavy atom. The molecule has 3 heterocycles. The van der Waals surface area contributed by atoms with E-state index in [1.54, 1.807) is 41.3 Å². The van der Waals surface area contributed by atoms with Crippen LogP contribution >= 0.6 is 11.6 Å². The largest absolute Gasteiger partial charge is 0.486 e. The number of sulfonamides is 1. The molecule has 0 bridgehead atoms. The number of ether oxygens (including phenoxy) is 1. The van der Waals surface area contributed by atoms with Crippen LogP contribution in [-0.4, -0.2) is 65.1 Å². The minimum atomic E-state index is -3.54. The first-order valence-corrected chi connectivity index (χ1v) is 15.5. The Kier molecular flexibility index (Phi) is 7.35. The van der Waals surface area contributed by atoms with E-state index in [-0.39, 0.29) is 22.5 Å². The fourth-order valence-electron chi connectivity index (χ4n) is 4.86. The zero-order valence-electron chi connectivity index (χ0n) is 22.7. The summed E-state index contributed by atoms with van der Waals surface area (Å²) in [5.41, 5.74) is 2.39. The quantitative estimate of drug-likeness (QED) is 0.290. The molecule has 0 radical (unpaired) electrons. The van der Waals surface area contributed by atoms with Crippen molar-refractivity contribution in [2.24, 2.45) is 5.41 Å². The van der Waals surface area contributed by atoms with Gasteiger partial charge in [-0.1, -0.05) is 36.7 Å². The predicted octanol–water partition coefficient (Wildman–Crippen LogP) is 3.90. The van der Waals surface area contributed by atoms with E-state index in [4.69, 9.17) is 16.3 Å². The summed E-state index contributed by atoms with van der Waals surface area (Å²) >= 11 is 6.16. The molecule has 2 aromatic heterocycles. The molecule has 4 aromatic rings. The number of hydrogen-bond acceptors (Lipinski definition) is 7. The van der Waals surface area contributed by atoms with Crippen LogP contribution < -0.4 is 15.2 Å². The van der Waals surface area contributed by atoms with Gasteiger partial charge in [0.1, 0.15) is 5.69 Å².